The lowest BCUT2D eigenvalue weighted by molar-refractivity contribution is -0.142. The van der Waals surface area contributed by atoms with Gasteiger partial charge in [-0.25, -0.2) is 13.8 Å². The number of alkyl halides is 3. The molecule has 26 heavy (non-hydrogen) atoms. The van der Waals surface area contributed by atoms with E-state index in [2.05, 4.69) is 4.98 Å². The molecule has 2 aromatic carbocycles. The van der Waals surface area contributed by atoms with Gasteiger partial charge in [-0.2, -0.15) is 13.2 Å². The maximum atomic E-state index is 13.5. The van der Waals surface area contributed by atoms with Crippen molar-refractivity contribution in [2.45, 2.75) is 12.3 Å². The highest BCUT2D eigenvalue weighted by Crippen LogP contribution is 2.38. The van der Waals surface area contributed by atoms with Crippen LogP contribution in [0.5, 0.6) is 0 Å². The van der Waals surface area contributed by atoms with E-state index in [0.29, 0.717) is 0 Å². The van der Waals surface area contributed by atoms with E-state index >= 15 is 0 Å². The summed E-state index contributed by atoms with van der Waals surface area (Å²) in [6, 6.07) is 9.29. The molecule has 136 valence electrons. The first kappa shape index (κ1) is 18.1. The summed E-state index contributed by atoms with van der Waals surface area (Å²) in [5, 5.41) is 10.5. The zero-order valence-corrected chi connectivity index (χ0v) is 13.4. The van der Waals surface area contributed by atoms with Crippen LogP contribution >= 0.6 is 0 Å². The van der Waals surface area contributed by atoms with Crippen LogP contribution in [0.4, 0.5) is 22.0 Å². The molecule has 3 aromatic rings. The minimum absolute atomic E-state index is 0.0755. The third-order valence-corrected chi connectivity index (χ3v) is 3.96. The van der Waals surface area contributed by atoms with Crippen molar-refractivity contribution in [1.82, 2.24) is 9.55 Å². The molecule has 1 heterocycles. The van der Waals surface area contributed by atoms with E-state index in [1.54, 1.807) is 0 Å². The van der Waals surface area contributed by atoms with Gasteiger partial charge in [0.2, 0.25) is 0 Å². The van der Waals surface area contributed by atoms with Gasteiger partial charge in [0.25, 0.3) is 0 Å². The maximum Gasteiger partial charge on any atom is 0.435 e. The molecule has 1 unspecified atom stereocenters. The van der Waals surface area contributed by atoms with E-state index in [1.807, 2.05) is 0 Å². The second-order valence-electron chi connectivity index (χ2n) is 5.69. The molecule has 0 aliphatic rings. The SMILES string of the molecule is Cn1c(-c2ccc(F)cc2)nc(C(F)(F)F)c1C(O)c1ccc(F)cc1. The second kappa shape index (κ2) is 6.53. The highest BCUT2D eigenvalue weighted by atomic mass is 19.4. The number of imidazole rings is 1. The number of aliphatic hydroxyl groups excluding tert-OH is 1. The number of aliphatic hydroxyl groups is 1. The van der Waals surface area contributed by atoms with Crippen molar-refractivity contribution in [3.8, 4) is 11.4 Å². The van der Waals surface area contributed by atoms with Crippen molar-refractivity contribution in [2.24, 2.45) is 7.05 Å². The Hall–Kier alpha value is -2.74. The molecule has 8 heteroatoms. The summed E-state index contributed by atoms with van der Waals surface area (Å²) < 4.78 is 67.6. The first-order chi connectivity index (χ1) is 12.2. The molecular formula is C18H13F5N2O. The minimum atomic E-state index is -4.81. The van der Waals surface area contributed by atoms with Gasteiger partial charge >= 0.3 is 6.18 Å². The maximum absolute atomic E-state index is 13.5. The van der Waals surface area contributed by atoms with E-state index in [0.717, 1.165) is 28.8 Å². The average molecular weight is 368 g/mol. The smallest absolute Gasteiger partial charge is 0.382 e. The van der Waals surface area contributed by atoms with Gasteiger partial charge in [-0.05, 0) is 42.0 Å². The molecule has 0 saturated carbocycles. The van der Waals surface area contributed by atoms with E-state index < -0.39 is 35.3 Å². The Morgan fingerprint density at radius 2 is 1.42 bits per heavy atom. The van der Waals surface area contributed by atoms with Gasteiger partial charge in [0.1, 0.15) is 23.6 Å². The fourth-order valence-electron chi connectivity index (χ4n) is 2.69. The van der Waals surface area contributed by atoms with Crippen molar-refractivity contribution in [1.29, 1.82) is 0 Å². The van der Waals surface area contributed by atoms with Crippen LogP contribution in [0.15, 0.2) is 48.5 Å². The number of hydrogen-bond donors (Lipinski definition) is 1. The predicted octanol–water partition coefficient (Wildman–Crippen LogP) is 4.47. The Morgan fingerprint density at radius 1 is 0.923 bits per heavy atom. The number of benzene rings is 2. The number of rotatable bonds is 3. The van der Waals surface area contributed by atoms with Gasteiger partial charge in [-0.3, -0.25) is 0 Å². The lowest BCUT2D eigenvalue weighted by Crippen LogP contribution is -2.15. The van der Waals surface area contributed by atoms with Crippen molar-refractivity contribution in [3.63, 3.8) is 0 Å². The van der Waals surface area contributed by atoms with E-state index in [-0.39, 0.29) is 17.0 Å². The van der Waals surface area contributed by atoms with Crippen molar-refractivity contribution in [2.75, 3.05) is 0 Å². The van der Waals surface area contributed by atoms with Crippen molar-refractivity contribution < 1.29 is 27.1 Å². The number of aromatic nitrogens is 2. The van der Waals surface area contributed by atoms with Crippen LogP contribution in [-0.2, 0) is 13.2 Å². The Kier molecular flexibility index (Phi) is 4.53. The van der Waals surface area contributed by atoms with Crippen LogP contribution < -0.4 is 0 Å². The summed E-state index contributed by atoms with van der Waals surface area (Å²) in [5.74, 6) is -1.19. The van der Waals surface area contributed by atoms with Gasteiger partial charge in [-0.1, -0.05) is 12.1 Å². The van der Waals surface area contributed by atoms with Crippen LogP contribution in [0.25, 0.3) is 11.4 Å². The molecule has 0 amide bonds. The summed E-state index contributed by atoms with van der Waals surface area (Å²) in [6.07, 6.45) is -6.48. The predicted molar refractivity (Wildman–Crippen MR) is 84.1 cm³/mol. The van der Waals surface area contributed by atoms with Gasteiger partial charge in [0, 0.05) is 12.6 Å². The summed E-state index contributed by atoms with van der Waals surface area (Å²) in [5.41, 5.74) is -1.39. The zero-order chi connectivity index (χ0) is 19.1. The molecular weight excluding hydrogens is 355 g/mol. The Bertz CT molecular complexity index is 914. The largest absolute Gasteiger partial charge is 0.435 e. The average Bonchev–Trinajstić information content (AvgIpc) is 2.93. The van der Waals surface area contributed by atoms with Crippen molar-refractivity contribution in [3.05, 3.63) is 77.1 Å². The molecule has 1 aromatic heterocycles. The summed E-state index contributed by atoms with van der Waals surface area (Å²) in [7, 11) is 1.32. The zero-order valence-electron chi connectivity index (χ0n) is 13.4. The normalized spacial score (nSPS) is 13.0. The molecule has 0 aliphatic carbocycles. The summed E-state index contributed by atoms with van der Waals surface area (Å²) >= 11 is 0. The third-order valence-electron chi connectivity index (χ3n) is 3.96. The van der Waals surface area contributed by atoms with E-state index in [9.17, 15) is 27.1 Å². The Morgan fingerprint density at radius 3 is 1.92 bits per heavy atom. The highest BCUT2D eigenvalue weighted by Gasteiger charge is 2.40. The molecule has 3 rings (SSSR count). The summed E-state index contributed by atoms with van der Waals surface area (Å²) in [6.45, 7) is 0. The summed E-state index contributed by atoms with van der Waals surface area (Å²) in [4.78, 5) is 3.63. The van der Waals surface area contributed by atoms with Gasteiger partial charge in [0.05, 0.1) is 5.69 Å². The van der Waals surface area contributed by atoms with Crippen LogP contribution in [-0.4, -0.2) is 14.7 Å². The lowest BCUT2D eigenvalue weighted by Gasteiger charge is -2.16. The number of nitrogens with zero attached hydrogens (tertiary/aromatic N) is 2. The minimum Gasteiger partial charge on any atom is -0.382 e. The van der Waals surface area contributed by atoms with Crippen molar-refractivity contribution >= 4 is 0 Å². The number of halogens is 5. The fraction of sp³-hybridized carbons (Fsp3) is 0.167. The number of hydrogen-bond acceptors (Lipinski definition) is 2. The van der Waals surface area contributed by atoms with Gasteiger partial charge in [0.15, 0.2) is 5.69 Å². The Labute approximate surface area is 145 Å². The standard InChI is InChI=1S/C18H13F5N2O/c1-25-14(15(26)10-2-6-12(19)7-3-10)16(18(21,22)23)24-17(25)11-4-8-13(20)9-5-11/h2-9,15,26H,1H3. The quantitative estimate of drug-likeness (QED) is 0.693. The molecule has 1 atom stereocenters. The third kappa shape index (κ3) is 3.32. The molecule has 1 N–H and O–H groups in total. The lowest BCUT2D eigenvalue weighted by atomic mass is 10.0. The van der Waals surface area contributed by atoms with Crippen LogP contribution in [0.2, 0.25) is 0 Å². The Balaban J connectivity index is 2.16. The monoisotopic (exact) mass is 368 g/mol. The fourth-order valence-corrected chi connectivity index (χ4v) is 2.69. The van der Waals surface area contributed by atoms with Crippen LogP contribution in [0.3, 0.4) is 0 Å². The molecule has 3 nitrogen and oxygen atoms in total. The van der Waals surface area contributed by atoms with Crippen LogP contribution in [0.1, 0.15) is 23.1 Å². The second-order valence-corrected chi connectivity index (χ2v) is 5.69. The van der Waals surface area contributed by atoms with Gasteiger partial charge < -0.3 is 9.67 Å². The van der Waals surface area contributed by atoms with Crippen LogP contribution in [0, 0.1) is 11.6 Å². The molecule has 0 radical (unpaired) electrons. The van der Waals surface area contributed by atoms with E-state index in [1.165, 1.54) is 31.3 Å². The molecule has 0 spiro atoms. The highest BCUT2D eigenvalue weighted by molar-refractivity contribution is 5.57. The molecule has 0 saturated heterocycles. The molecule has 0 fully saturated rings. The topological polar surface area (TPSA) is 38.0 Å². The molecule has 0 bridgehead atoms. The van der Waals surface area contributed by atoms with Gasteiger partial charge in [-0.15, -0.1) is 0 Å². The first-order valence-electron chi connectivity index (χ1n) is 7.51. The first-order valence-corrected chi connectivity index (χ1v) is 7.51. The molecule has 0 aliphatic heterocycles. The van der Waals surface area contributed by atoms with E-state index in [4.69, 9.17) is 0 Å².